The molecule has 0 heterocycles. The zero-order chi connectivity index (χ0) is 30.7. The molecule has 0 aromatic rings. The van der Waals surface area contributed by atoms with Crippen LogP contribution in [0.5, 0.6) is 0 Å². The van der Waals surface area contributed by atoms with Crippen molar-refractivity contribution in [1.82, 2.24) is 14.7 Å². The lowest BCUT2D eigenvalue weighted by Crippen LogP contribution is -2.46. The number of ether oxygens (including phenoxy) is 2. The molecule has 0 aliphatic rings. The van der Waals surface area contributed by atoms with Crippen LogP contribution < -0.4 is 0 Å². The van der Waals surface area contributed by atoms with Crippen molar-refractivity contribution < 1.29 is 19.1 Å². The highest BCUT2D eigenvalue weighted by atomic mass is 16.5. The molecule has 39 heavy (non-hydrogen) atoms. The van der Waals surface area contributed by atoms with Crippen molar-refractivity contribution in [1.29, 1.82) is 0 Å². The molecule has 0 amide bonds. The molecule has 0 bridgehead atoms. The molecule has 2 unspecified atom stereocenters. The van der Waals surface area contributed by atoms with E-state index in [4.69, 9.17) is 9.47 Å². The number of hydrogen-bond acceptors (Lipinski definition) is 7. The summed E-state index contributed by atoms with van der Waals surface area (Å²) in [4.78, 5) is 33.1. The van der Waals surface area contributed by atoms with Gasteiger partial charge in [-0.2, -0.15) is 0 Å². The summed E-state index contributed by atoms with van der Waals surface area (Å²) >= 11 is 0. The van der Waals surface area contributed by atoms with Crippen LogP contribution in [-0.2, 0) is 19.1 Å². The van der Waals surface area contributed by atoms with Gasteiger partial charge < -0.3 is 19.3 Å². The molecule has 0 aliphatic heterocycles. The molecule has 2 atom stereocenters. The third-order valence-corrected chi connectivity index (χ3v) is 8.50. The summed E-state index contributed by atoms with van der Waals surface area (Å²) in [5.74, 6) is -0.480. The van der Waals surface area contributed by atoms with Crippen LogP contribution in [0.1, 0.15) is 94.4 Å². The first-order valence-electron chi connectivity index (χ1n) is 15.0. The molecule has 7 nitrogen and oxygen atoms in total. The number of carbonyl (C=O) groups is 2. The van der Waals surface area contributed by atoms with E-state index < -0.39 is 5.41 Å². The van der Waals surface area contributed by atoms with Crippen molar-refractivity contribution in [3.8, 4) is 0 Å². The Labute approximate surface area is 242 Å². The van der Waals surface area contributed by atoms with Gasteiger partial charge in [0.2, 0.25) is 0 Å². The molecule has 0 aromatic heterocycles. The van der Waals surface area contributed by atoms with Crippen LogP contribution in [0.2, 0.25) is 0 Å². The van der Waals surface area contributed by atoms with Crippen LogP contribution in [0.15, 0.2) is 0 Å². The standard InChI is InChI=1S/C32H65N3O4/c1-15-26(27(36)39-23-22-35(20-16-18-33(10)11)21-17-19-34(12)13)31(7,8)24-30(5,6)25-32(9,28(37)38-14)29(2,3)4/h26H,15-25H2,1-14H3. The first kappa shape index (κ1) is 37.8. The lowest BCUT2D eigenvalue weighted by atomic mass is 9.57. The summed E-state index contributed by atoms with van der Waals surface area (Å²) in [5.41, 5.74) is -1.34. The second-order valence-electron chi connectivity index (χ2n) is 14.9. The first-order chi connectivity index (χ1) is 17.7. The van der Waals surface area contributed by atoms with E-state index in [1.165, 1.54) is 7.11 Å². The number of nitrogens with zero attached hydrogens (tertiary/aromatic N) is 3. The third-order valence-electron chi connectivity index (χ3n) is 8.50. The topological polar surface area (TPSA) is 62.3 Å². The van der Waals surface area contributed by atoms with Crippen molar-refractivity contribution in [3.05, 3.63) is 0 Å². The van der Waals surface area contributed by atoms with Crippen LogP contribution in [0.25, 0.3) is 0 Å². The lowest BCUT2D eigenvalue weighted by molar-refractivity contribution is -0.163. The van der Waals surface area contributed by atoms with E-state index >= 15 is 0 Å². The van der Waals surface area contributed by atoms with Crippen molar-refractivity contribution in [2.75, 3.05) is 74.6 Å². The van der Waals surface area contributed by atoms with Crippen molar-refractivity contribution in [2.24, 2.45) is 27.6 Å². The molecule has 0 aromatic carbocycles. The smallest absolute Gasteiger partial charge is 0.312 e. The van der Waals surface area contributed by atoms with Crippen LogP contribution in [0, 0.1) is 27.6 Å². The molecule has 0 N–H and O–H groups in total. The number of carbonyl (C=O) groups excluding carboxylic acids is 2. The highest BCUT2D eigenvalue weighted by Gasteiger charge is 2.50. The largest absolute Gasteiger partial charge is 0.469 e. The van der Waals surface area contributed by atoms with Gasteiger partial charge in [-0.1, -0.05) is 55.4 Å². The lowest BCUT2D eigenvalue weighted by Gasteiger charge is -2.47. The summed E-state index contributed by atoms with van der Waals surface area (Å²) < 4.78 is 11.2. The van der Waals surface area contributed by atoms with Gasteiger partial charge in [-0.15, -0.1) is 0 Å². The molecule has 7 heteroatoms. The number of esters is 2. The minimum Gasteiger partial charge on any atom is -0.469 e. The zero-order valence-electron chi connectivity index (χ0n) is 28.3. The van der Waals surface area contributed by atoms with E-state index in [1.54, 1.807) is 0 Å². The van der Waals surface area contributed by atoms with E-state index in [0.29, 0.717) is 13.0 Å². The molecule has 0 rings (SSSR count). The number of hydrogen-bond donors (Lipinski definition) is 0. The first-order valence-corrected chi connectivity index (χ1v) is 15.0. The van der Waals surface area contributed by atoms with Crippen molar-refractivity contribution in [3.63, 3.8) is 0 Å². The van der Waals surface area contributed by atoms with Gasteiger partial charge in [0.1, 0.15) is 6.61 Å². The van der Waals surface area contributed by atoms with E-state index in [0.717, 1.165) is 58.4 Å². The predicted molar refractivity (Wildman–Crippen MR) is 164 cm³/mol. The van der Waals surface area contributed by atoms with Gasteiger partial charge in [0, 0.05) is 6.54 Å². The Morgan fingerprint density at radius 3 is 1.62 bits per heavy atom. The second-order valence-corrected chi connectivity index (χ2v) is 14.9. The Morgan fingerprint density at radius 1 is 0.744 bits per heavy atom. The molecule has 0 saturated carbocycles. The summed E-state index contributed by atoms with van der Waals surface area (Å²) in [6.07, 6.45) is 4.41. The molecule has 0 spiro atoms. The molecule has 232 valence electrons. The number of methoxy groups -OCH3 is 1. The quantitative estimate of drug-likeness (QED) is 0.186. The number of rotatable bonds is 19. The molecule has 0 fully saturated rings. The van der Waals surface area contributed by atoms with Gasteiger partial charge in [0.05, 0.1) is 18.4 Å². The molecule has 0 aliphatic carbocycles. The Bertz CT molecular complexity index is 713. The fourth-order valence-corrected chi connectivity index (χ4v) is 6.22. The Hall–Kier alpha value is -1.18. The van der Waals surface area contributed by atoms with Crippen LogP contribution in [-0.4, -0.2) is 101 Å². The van der Waals surface area contributed by atoms with Crippen molar-refractivity contribution >= 4 is 11.9 Å². The fourth-order valence-electron chi connectivity index (χ4n) is 6.22. The minimum absolute atomic E-state index is 0.105. The molecular formula is C32H65N3O4. The van der Waals surface area contributed by atoms with Gasteiger partial charge >= 0.3 is 11.9 Å². The van der Waals surface area contributed by atoms with E-state index in [2.05, 4.69) is 98.3 Å². The summed E-state index contributed by atoms with van der Waals surface area (Å²) in [6, 6.07) is 0. The fraction of sp³-hybridized carbons (Fsp3) is 0.938. The monoisotopic (exact) mass is 555 g/mol. The average Bonchev–Trinajstić information content (AvgIpc) is 2.75. The van der Waals surface area contributed by atoms with Crippen LogP contribution in [0.4, 0.5) is 0 Å². The van der Waals surface area contributed by atoms with Gasteiger partial charge in [-0.05, 0) is 110 Å². The van der Waals surface area contributed by atoms with Gasteiger partial charge in [-0.25, -0.2) is 0 Å². The summed E-state index contributed by atoms with van der Waals surface area (Å²) in [6.45, 7) is 24.4. The van der Waals surface area contributed by atoms with Crippen LogP contribution in [0.3, 0.4) is 0 Å². The summed E-state index contributed by atoms with van der Waals surface area (Å²) in [7, 11) is 9.88. The average molecular weight is 556 g/mol. The third kappa shape index (κ3) is 13.4. The maximum absolute atomic E-state index is 13.4. The second kappa shape index (κ2) is 16.3. The van der Waals surface area contributed by atoms with Crippen LogP contribution >= 0.6 is 0 Å². The van der Waals surface area contributed by atoms with E-state index in [1.807, 2.05) is 6.92 Å². The predicted octanol–water partition coefficient (Wildman–Crippen LogP) is 5.82. The van der Waals surface area contributed by atoms with Gasteiger partial charge in [0.25, 0.3) is 0 Å². The maximum Gasteiger partial charge on any atom is 0.312 e. The Kier molecular flexibility index (Phi) is 15.8. The van der Waals surface area contributed by atoms with Crippen molar-refractivity contribution in [2.45, 2.75) is 94.4 Å². The van der Waals surface area contributed by atoms with Gasteiger partial charge in [0.15, 0.2) is 0 Å². The molecule has 0 radical (unpaired) electrons. The highest BCUT2D eigenvalue weighted by Crippen LogP contribution is 2.52. The van der Waals surface area contributed by atoms with E-state index in [9.17, 15) is 9.59 Å². The SMILES string of the molecule is CCC(C(=O)OCCN(CCCN(C)C)CCCN(C)C)C(C)(C)CC(C)(C)CC(C)(C(=O)OC)C(C)(C)C. The minimum atomic E-state index is -0.633. The van der Waals surface area contributed by atoms with E-state index in [-0.39, 0.29) is 34.1 Å². The highest BCUT2D eigenvalue weighted by molar-refractivity contribution is 5.77. The summed E-state index contributed by atoms with van der Waals surface area (Å²) in [5, 5.41) is 0. The Morgan fingerprint density at radius 2 is 1.23 bits per heavy atom. The molecular weight excluding hydrogens is 490 g/mol. The normalized spacial score (nSPS) is 15.5. The molecule has 0 saturated heterocycles. The Balaban J connectivity index is 5.33. The van der Waals surface area contributed by atoms with Gasteiger partial charge in [-0.3, -0.25) is 14.5 Å². The zero-order valence-corrected chi connectivity index (χ0v) is 28.3. The maximum atomic E-state index is 13.4.